The first-order valence-corrected chi connectivity index (χ1v) is 5.69. The van der Waals surface area contributed by atoms with Gasteiger partial charge in [-0.3, -0.25) is 0 Å². The van der Waals surface area contributed by atoms with Crippen molar-refractivity contribution in [2.24, 2.45) is 22.5 Å². The van der Waals surface area contributed by atoms with Crippen molar-refractivity contribution in [1.82, 2.24) is 0 Å². The normalized spacial score (nSPS) is 24.9. The molecule has 1 aliphatic carbocycles. The Labute approximate surface area is 92.7 Å². The molecule has 0 saturated heterocycles. The molecular formula is C14H21N. The van der Waals surface area contributed by atoms with E-state index in [0.717, 1.165) is 0 Å². The lowest BCUT2D eigenvalue weighted by atomic mass is 9.98. The van der Waals surface area contributed by atoms with Gasteiger partial charge in [0.2, 0.25) is 0 Å². The van der Waals surface area contributed by atoms with Gasteiger partial charge in [0.25, 0.3) is 0 Å². The van der Waals surface area contributed by atoms with Gasteiger partial charge in [0.05, 0.1) is 0 Å². The lowest BCUT2D eigenvalue weighted by Crippen LogP contribution is -2.16. The topological polar surface area (TPSA) is 26.0 Å². The summed E-state index contributed by atoms with van der Waals surface area (Å²) in [6.07, 6.45) is 0. The summed E-state index contributed by atoms with van der Waals surface area (Å²) in [5.41, 5.74) is 8.34. The Morgan fingerprint density at radius 1 is 1.00 bits per heavy atom. The summed E-state index contributed by atoms with van der Waals surface area (Å²) in [5, 5.41) is 0. The highest BCUT2D eigenvalue weighted by Crippen LogP contribution is 2.71. The van der Waals surface area contributed by atoms with Crippen LogP contribution in [0.3, 0.4) is 0 Å². The fourth-order valence-electron chi connectivity index (χ4n) is 3.01. The summed E-state index contributed by atoms with van der Waals surface area (Å²) in [4.78, 5) is 0. The Bertz CT molecular complexity index is 337. The largest absolute Gasteiger partial charge is 0.324 e. The second-order valence-corrected chi connectivity index (χ2v) is 5.86. The van der Waals surface area contributed by atoms with E-state index < -0.39 is 0 Å². The molecule has 1 aromatic carbocycles. The van der Waals surface area contributed by atoms with E-state index in [4.69, 9.17) is 5.73 Å². The van der Waals surface area contributed by atoms with E-state index >= 15 is 0 Å². The lowest BCUT2D eigenvalue weighted by Gasteiger charge is -2.14. The fraction of sp³-hybridized carbons (Fsp3) is 0.571. The first-order valence-electron chi connectivity index (χ1n) is 5.69. The van der Waals surface area contributed by atoms with Gasteiger partial charge >= 0.3 is 0 Å². The average Bonchev–Trinajstić information content (AvgIpc) is 2.58. The number of hydrogen-bond donors (Lipinski definition) is 1. The van der Waals surface area contributed by atoms with Crippen molar-refractivity contribution in [2.45, 2.75) is 33.7 Å². The van der Waals surface area contributed by atoms with Crippen LogP contribution >= 0.6 is 0 Å². The van der Waals surface area contributed by atoms with Crippen molar-refractivity contribution in [1.29, 1.82) is 0 Å². The van der Waals surface area contributed by atoms with Crippen molar-refractivity contribution in [3.8, 4) is 0 Å². The van der Waals surface area contributed by atoms with Gasteiger partial charge in [-0.2, -0.15) is 0 Å². The summed E-state index contributed by atoms with van der Waals surface area (Å²) in [6.45, 7) is 9.28. The van der Waals surface area contributed by atoms with Crippen LogP contribution in [0, 0.1) is 16.7 Å². The Balaban J connectivity index is 2.22. The molecule has 2 rings (SSSR count). The number of hydrogen-bond acceptors (Lipinski definition) is 1. The summed E-state index contributed by atoms with van der Waals surface area (Å²) in [6, 6.07) is 10.6. The molecule has 1 unspecified atom stereocenters. The predicted molar refractivity (Wildman–Crippen MR) is 64.4 cm³/mol. The maximum atomic E-state index is 6.35. The third-order valence-electron chi connectivity index (χ3n) is 4.68. The van der Waals surface area contributed by atoms with E-state index in [2.05, 4.69) is 52.0 Å². The van der Waals surface area contributed by atoms with E-state index in [1.54, 1.807) is 0 Å². The van der Waals surface area contributed by atoms with E-state index in [0.29, 0.717) is 16.7 Å². The molecule has 0 amide bonds. The minimum atomic E-state index is 0.177. The van der Waals surface area contributed by atoms with Crippen molar-refractivity contribution < 1.29 is 0 Å². The Morgan fingerprint density at radius 3 is 1.87 bits per heavy atom. The van der Waals surface area contributed by atoms with Gasteiger partial charge in [-0.1, -0.05) is 58.0 Å². The average molecular weight is 203 g/mol. The van der Waals surface area contributed by atoms with Gasteiger partial charge in [0, 0.05) is 6.04 Å². The summed E-state index contributed by atoms with van der Waals surface area (Å²) >= 11 is 0. The highest BCUT2D eigenvalue weighted by Gasteiger charge is 2.66. The van der Waals surface area contributed by atoms with Gasteiger partial charge in [0.1, 0.15) is 0 Å². The molecule has 0 radical (unpaired) electrons. The maximum Gasteiger partial charge on any atom is 0.0334 e. The molecule has 0 bridgehead atoms. The molecule has 0 spiro atoms. The Hall–Kier alpha value is -0.820. The fourth-order valence-corrected chi connectivity index (χ4v) is 3.01. The third kappa shape index (κ3) is 1.41. The monoisotopic (exact) mass is 203 g/mol. The number of benzene rings is 1. The molecule has 15 heavy (non-hydrogen) atoms. The molecular weight excluding hydrogens is 182 g/mol. The van der Waals surface area contributed by atoms with E-state index in [-0.39, 0.29) is 6.04 Å². The van der Waals surface area contributed by atoms with Crippen molar-refractivity contribution in [2.75, 3.05) is 0 Å². The Kier molecular flexibility index (Phi) is 2.20. The third-order valence-corrected chi connectivity index (χ3v) is 4.68. The SMILES string of the molecule is CC1(C)C(C(N)c2ccccc2)C1(C)C. The maximum absolute atomic E-state index is 6.35. The van der Waals surface area contributed by atoms with Gasteiger partial charge in [-0.05, 0) is 22.3 Å². The molecule has 2 N–H and O–H groups in total. The molecule has 82 valence electrons. The first kappa shape index (κ1) is 10.7. The van der Waals surface area contributed by atoms with Crippen LogP contribution in [0.5, 0.6) is 0 Å². The van der Waals surface area contributed by atoms with Crippen LogP contribution in [-0.2, 0) is 0 Å². The predicted octanol–water partition coefficient (Wildman–Crippen LogP) is 3.37. The zero-order valence-corrected chi connectivity index (χ0v) is 10.1. The van der Waals surface area contributed by atoms with Crippen LogP contribution in [0.2, 0.25) is 0 Å². The second-order valence-electron chi connectivity index (χ2n) is 5.86. The van der Waals surface area contributed by atoms with Gasteiger partial charge in [-0.15, -0.1) is 0 Å². The second kappa shape index (κ2) is 3.08. The zero-order chi connectivity index (χ0) is 11.3. The van der Waals surface area contributed by atoms with Crippen LogP contribution in [-0.4, -0.2) is 0 Å². The lowest BCUT2D eigenvalue weighted by molar-refractivity contribution is 0.457. The van der Waals surface area contributed by atoms with Crippen LogP contribution in [0.15, 0.2) is 30.3 Å². The Morgan fingerprint density at radius 2 is 1.47 bits per heavy atom. The quantitative estimate of drug-likeness (QED) is 0.783. The minimum absolute atomic E-state index is 0.177. The smallest absolute Gasteiger partial charge is 0.0334 e. The molecule has 0 aromatic heterocycles. The molecule has 1 aliphatic rings. The van der Waals surface area contributed by atoms with Gasteiger partial charge in [-0.25, -0.2) is 0 Å². The molecule has 1 saturated carbocycles. The minimum Gasteiger partial charge on any atom is -0.324 e. The molecule has 1 heteroatoms. The van der Waals surface area contributed by atoms with Crippen LogP contribution in [0.1, 0.15) is 39.3 Å². The number of nitrogens with two attached hydrogens (primary N) is 1. The summed E-state index contributed by atoms with van der Waals surface area (Å²) in [7, 11) is 0. The van der Waals surface area contributed by atoms with Gasteiger partial charge < -0.3 is 5.73 Å². The van der Waals surface area contributed by atoms with Crippen LogP contribution < -0.4 is 5.73 Å². The standard InChI is InChI=1S/C14H21N/c1-13(2)12(14(13,3)4)11(15)10-8-6-5-7-9-10/h5-9,11-12H,15H2,1-4H3. The van der Waals surface area contributed by atoms with Crippen LogP contribution in [0.25, 0.3) is 0 Å². The highest BCUT2D eigenvalue weighted by molar-refractivity contribution is 5.26. The molecule has 1 nitrogen and oxygen atoms in total. The van der Waals surface area contributed by atoms with E-state index in [9.17, 15) is 0 Å². The summed E-state index contributed by atoms with van der Waals surface area (Å²) < 4.78 is 0. The molecule has 1 fully saturated rings. The zero-order valence-electron chi connectivity index (χ0n) is 10.1. The van der Waals surface area contributed by atoms with Crippen LogP contribution in [0.4, 0.5) is 0 Å². The van der Waals surface area contributed by atoms with Crippen molar-refractivity contribution in [3.05, 3.63) is 35.9 Å². The molecule has 1 atom stereocenters. The molecule has 0 heterocycles. The van der Waals surface area contributed by atoms with Crippen molar-refractivity contribution >= 4 is 0 Å². The van der Waals surface area contributed by atoms with Crippen molar-refractivity contribution in [3.63, 3.8) is 0 Å². The number of rotatable bonds is 2. The first-order chi connectivity index (χ1) is 6.89. The molecule has 1 aromatic rings. The van der Waals surface area contributed by atoms with E-state index in [1.807, 2.05) is 6.07 Å². The van der Waals surface area contributed by atoms with E-state index in [1.165, 1.54) is 5.56 Å². The highest BCUT2D eigenvalue weighted by atomic mass is 14.8. The molecule has 0 aliphatic heterocycles. The van der Waals surface area contributed by atoms with Gasteiger partial charge in [0.15, 0.2) is 0 Å². The summed E-state index contributed by atoms with van der Waals surface area (Å²) in [5.74, 6) is 0.590.